The highest BCUT2D eigenvalue weighted by atomic mass is 19.1. The average molecular weight is 184 g/mol. The smallest absolute Gasteiger partial charge is 0.248 e. The predicted molar refractivity (Wildman–Crippen MR) is 43.9 cm³/mol. The Morgan fingerprint density at radius 1 is 1.54 bits per heavy atom. The number of halogens is 1. The zero-order valence-corrected chi connectivity index (χ0v) is 6.79. The van der Waals surface area contributed by atoms with E-state index in [1.54, 1.807) is 0 Å². The molecule has 1 aromatic carbocycles. The highest BCUT2D eigenvalue weighted by Crippen LogP contribution is 2.10. The minimum atomic E-state index is -0.667. The van der Waals surface area contributed by atoms with Gasteiger partial charge >= 0.3 is 0 Å². The van der Waals surface area contributed by atoms with Crippen LogP contribution >= 0.6 is 0 Å². The number of primary amides is 1. The SMILES string of the molecule is NOCc1ccc(C(N)=O)cc1F. The minimum Gasteiger partial charge on any atom is -0.366 e. The third-order valence-corrected chi connectivity index (χ3v) is 1.58. The first-order chi connectivity index (χ1) is 6.15. The van der Waals surface area contributed by atoms with Crippen molar-refractivity contribution in [3.8, 4) is 0 Å². The quantitative estimate of drug-likeness (QED) is 0.664. The molecule has 0 aromatic heterocycles. The highest BCUT2D eigenvalue weighted by molar-refractivity contribution is 5.92. The van der Waals surface area contributed by atoms with Gasteiger partial charge in [0.15, 0.2) is 0 Å². The summed E-state index contributed by atoms with van der Waals surface area (Å²) in [5.74, 6) is 3.55. The lowest BCUT2D eigenvalue weighted by Gasteiger charge is -2.02. The van der Waals surface area contributed by atoms with Gasteiger partial charge in [-0.3, -0.25) is 9.63 Å². The van der Waals surface area contributed by atoms with Gasteiger partial charge in [-0.25, -0.2) is 10.3 Å². The molecule has 0 aliphatic carbocycles. The zero-order chi connectivity index (χ0) is 9.84. The summed E-state index contributed by atoms with van der Waals surface area (Å²) in [5, 5.41) is 0. The van der Waals surface area contributed by atoms with E-state index in [0.29, 0.717) is 0 Å². The molecule has 1 rings (SSSR count). The molecule has 0 saturated heterocycles. The summed E-state index contributed by atoms with van der Waals surface area (Å²) in [7, 11) is 0. The normalized spacial score (nSPS) is 10.0. The number of amides is 1. The summed E-state index contributed by atoms with van der Waals surface area (Å²) in [6, 6.07) is 3.87. The molecule has 0 radical (unpaired) electrons. The molecule has 0 saturated carbocycles. The molecule has 0 heterocycles. The number of nitrogens with two attached hydrogens (primary N) is 2. The maximum atomic E-state index is 13.1. The van der Waals surface area contributed by atoms with Gasteiger partial charge in [0.05, 0.1) is 6.61 Å². The summed E-state index contributed by atoms with van der Waals surface area (Å²) in [6.45, 7) is -0.0368. The maximum absolute atomic E-state index is 13.1. The van der Waals surface area contributed by atoms with Crippen molar-refractivity contribution in [1.29, 1.82) is 0 Å². The summed E-state index contributed by atoms with van der Waals surface area (Å²) in [4.78, 5) is 14.9. The number of carbonyl (C=O) groups is 1. The third kappa shape index (κ3) is 2.24. The zero-order valence-electron chi connectivity index (χ0n) is 6.79. The fourth-order valence-corrected chi connectivity index (χ4v) is 0.907. The van der Waals surface area contributed by atoms with Crippen LogP contribution in [0.15, 0.2) is 18.2 Å². The Balaban J connectivity index is 2.98. The molecule has 0 spiro atoms. The van der Waals surface area contributed by atoms with Crippen LogP contribution in [-0.4, -0.2) is 5.91 Å². The summed E-state index contributed by atoms with van der Waals surface area (Å²) < 4.78 is 13.1. The number of hydrogen-bond donors (Lipinski definition) is 2. The molecule has 0 bridgehead atoms. The van der Waals surface area contributed by atoms with Crippen molar-refractivity contribution in [2.24, 2.45) is 11.6 Å². The molecule has 0 atom stereocenters. The Hall–Kier alpha value is -1.46. The van der Waals surface area contributed by atoms with Crippen molar-refractivity contribution in [3.63, 3.8) is 0 Å². The lowest BCUT2D eigenvalue weighted by molar-refractivity contribution is 0.0999. The fraction of sp³-hybridized carbons (Fsp3) is 0.125. The molecule has 0 aliphatic rings. The van der Waals surface area contributed by atoms with E-state index >= 15 is 0 Å². The van der Waals surface area contributed by atoms with Crippen LogP contribution in [0.3, 0.4) is 0 Å². The maximum Gasteiger partial charge on any atom is 0.248 e. The monoisotopic (exact) mass is 184 g/mol. The lowest BCUT2D eigenvalue weighted by Crippen LogP contribution is -2.12. The second-order valence-corrected chi connectivity index (χ2v) is 2.48. The van der Waals surface area contributed by atoms with Crippen molar-refractivity contribution in [1.82, 2.24) is 0 Å². The van der Waals surface area contributed by atoms with E-state index < -0.39 is 11.7 Å². The largest absolute Gasteiger partial charge is 0.366 e. The van der Waals surface area contributed by atoms with E-state index in [-0.39, 0.29) is 17.7 Å². The molecule has 13 heavy (non-hydrogen) atoms. The van der Waals surface area contributed by atoms with E-state index in [9.17, 15) is 9.18 Å². The number of benzene rings is 1. The Morgan fingerprint density at radius 2 is 2.23 bits per heavy atom. The van der Waals surface area contributed by atoms with Crippen molar-refractivity contribution in [3.05, 3.63) is 35.1 Å². The van der Waals surface area contributed by atoms with Crippen LogP contribution < -0.4 is 11.6 Å². The fourth-order valence-electron chi connectivity index (χ4n) is 0.907. The van der Waals surface area contributed by atoms with Crippen molar-refractivity contribution in [2.45, 2.75) is 6.61 Å². The van der Waals surface area contributed by atoms with Gasteiger partial charge in [0.2, 0.25) is 5.91 Å². The van der Waals surface area contributed by atoms with Crippen LogP contribution in [-0.2, 0) is 11.4 Å². The molecule has 1 amide bonds. The van der Waals surface area contributed by atoms with Crippen LogP contribution in [0, 0.1) is 5.82 Å². The van der Waals surface area contributed by atoms with Gasteiger partial charge in [-0.05, 0) is 12.1 Å². The Labute approximate surface area is 74.2 Å². The standard InChI is InChI=1S/C8H9FN2O2/c9-7-3-5(8(10)12)1-2-6(7)4-13-11/h1-3H,4,11H2,(H2,10,12). The topological polar surface area (TPSA) is 78.3 Å². The van der Waals surface area contributed by atoms with E-state index in [1.807, 2.05) is 0 Å². The predicted octanol–water partition coefficient (Wildman–Crippen LogP) is 0.315. The summed E-state index contributed by atoms with van der Waals surface area (Å²) in [5.41, 5.74) is 5.35. The van der Waals surface area contributed by atoms with Crippen LogP contribution in [0.4, 0.5) is 4.39 Å². The van der Waals surface area contributed by atoms with Crippen molar-refractivity contribution < 1.29 is 14.0 Å². The molecule has 0 fully saturated rings. The Kier molecular flexibility index (Phi) is 2.94. The second kappa shape index (κ2) is 3.97. The second-order valence-electron chi connectivity index (χ2n) is 2.48. The number of carbonyl (C=O) groups excluding carboxylic acids is 1. The summed E-state index contributed by atoms with van der Waals surface area (Å²) >= 11 is 0. The van der Waals surface area contributed by atoms with Gasteiger partial charge in [0, 0.05) is 11.1 Å². The van der Waals surface area contributed by atoms with Gasteiger partial charge in [0.25, 0.3) is 0 Å². The molecule has 4 nitrogen and oxygen atoms in total. The Bertz CT molecular complexity index is 328. The van der Waals surface area contributed by atoms with Crippen molar-refractivity contribution in [2.75, 3.05) is 0 Å². The van der Waals surface area contributed by atoms with Crippen LogP contribution in [0.25, 0.3) is 0 Å². The molecule has 70 valence electrons. The first-order valence-electron chi connectivity index (χ1n) is 3.55. The van der Waals surface area contributed by atoms with Crippen LogP contribution in [0.5, 0.6) is 0 Å². The number of hydrogen-bond acceptors (Lipinski definition) is 3. The molecule has 5 heteroatoms. The molecule has 0 unspecified atom stereocenters. The molecule has 0 aliphatic heterocycles. The minimum absolute atomic E-state index is 0.0368. The first-order valence-corrected chi connectivity index (χ1v) is 3.55. The van der Waals surface area contributed by atoms with Gasteiger partial charge in [-0.2, -0.15) is 0 Å². The van der Waals surface area contributed by atoms with Crippen molar-refractivity contribution >= 4 is 5.91 Å². The van der Waals surface area contributed by atoms with E-state index in [4.69, 9.17) is 11.6 Å². The lowest BCUT2D eigenvalue weighted by atomic mass is 10.1. The van der Waals surface area contributed by atoms with E-state index in [1.165, 1.54) is 12.1 Å². The third-order valence-electron chi connectivity index (χ3n) is 1.58. The van der Waals surface area contributed by atoms with Gasteiger partial charge in [-0.15, -0.1) is 0 Å². The first kappa shape index (κ1) is 9.63. The molecular formula is C8H9FN2O2. The van der Waals surface area contributed by atoms with Crippen LogP contribution in [0.1, 0.15) is 15.9 Å². The van der Waals surface area contributed by atoms with E-state index in [0.717, 1.165) is 6.07 Å². The average Bonchev–Trinajstić information content (AvgIpc) is 2.08. The molecule has 1 aromatic rings. The van der Waals surface area contributed by atoms with Crippen LogP contribution in [0.2, 0.25) is 0 Å². The van der Waals surface area contributed by atoms with Gasteiger partial charge in [-0.1, -0.05) is 6.07 Å². The van der Waals surface area contributed by atoms with E-state index in [2.05, 4.69) is 4.84 Å². The van der Waals surface area contributed by atoms with Gasteiger partial charge in [0.1, 0.15) is 5.82 Å². The Morgan fingerprint density at radius 3 is 2.69 bits per heavy atom. The molecule has 4 N–H and O–H groups in total. The molecular weight excluding hydrogens is 175 g/mol. The summed E-state index contributed by atoms with van der Waals surface area (Å²) in [6.07, 6.45) is 0. The number of rotatable bonds is 3. The highest BCUT2D eigenvalue weighted by Gasteiger charge is 2.06. The van der Waals surface area contributed by atoms with Gasteiger partial charge < -0.3 is 5.73 Å².